The van der Waals surface area contributed by atoms with Gasteiger partial charge in [0.1, 0.15) is 0 Å². The molecule has 1 aliphatic carbocycles. The van der Waals surface area contributed by atoms with Crippen molar-refractivity contribution < 1.29 is 14.3 Å². The molecule has 3 heteroatoms. The quantitative estimate of drug-likeness (QED) is 0.545. The van der Waals surface area contributed by atoms with Crippen molar-refractivity contribution >= 4 is 11.8 Å². The molecule has 1 fully saturated rings. The van der Waals surface area contributed by atoms with E-state index in [4.69, 9.17) is 4.74 Å². The first-order valence-corrected chi connectivity index (χ1v) is 4.68. The molecule has 1 heterocycles. The molecular weight excluding hydrogens is 180 g/mol. The number of allylic oxidation sites excluding steroid dienone is 2. The van der Waals surface area contributed by atoms with E-state index < -0.39 is 5.60 Å². The molecule has 0 amide bonds. The van der Waals surface area contributed by atoms with Crippen LogP contribution in [0.3, 0.4) is 0 Å². The Kier molecular flexibility index (Phi) is 1.84. The summed E-state index contributed by atoms with van der Waals surface area (Å²) in [4.78, 5) is 22.3. The molecule has 0 radical (unpaired) electrons. The van der Waals surface area contributed by atoms with Gasteiger partial charge in [-0.3, -0.25) is 9.59 Å². The molecular formula is C11H12O3. The van der Waals surface area contributed by atoms with Crippen LogP contribution in [0.1, 0.15) is 20.3 Å². The van der Waals surface area contributed by atoms with Crippen molar-refractivity contribution in [2.45, 2.75) is 25.9 Å². The van der Waals surface area contributed by atoms with E-state index in [1.807, 2.05) is 13.8 Å². The standard InChI is InChI=1S/C11H12O3/c1-7-5-9(12)3-4-11(7)8(2)6-10(13)14-11/h3-5,8H,6H2,1-2H3. The lowest BCUT2D eigenvalue weighted by atomic mass is 9.80. The van der Waals surface area contributed by atoms with Gasteiger partial charge < -0.3 is 4.74 Å². The van der Waals surface area contributed by atoms with Crippen LogP contribution in [0.5, 0.6) is 0 Å². The normalized spacial score (nSPS) is 36.1. The van der Waals surface area contributed by atoms with Gasteiger partial charge >= 0.3 is 5.97 Å². The van der Waals surface area contributed by atoms with Gasteiger partial charge in [-0.25, -0.2) is 0 Å². The molecule has 1 spiro atoms. The summed E-state index contributed by atoms with van der Waals surface area (Å²) in [7, 11) is 0. The molecule has 0 bridgehead atoms. The summed E-state index contributed by atoms with van der Waals surface area (Å²) in [5, 5.41) is 0. The van der Waals surface area contributed by atoms with Gasteiger partial charge in [-0.15, -0.1) is 0 Å². The fourth-order valence-corrected chi connectivity index (χ4v) is 2.11. The summed E-state index contributed by atoms with van der Waals surface area (Å²) in [6.07, 6.45) is 5.14. The Hall–Kier alpha value is -1.38. The monoisotopic (exact) mass is 192 g/mol. The van der Waals surface area contributed by atoms with E-state index in [0.29, 0.717) is 6.42 Å². The molecule has 1 saturated heterocycles. The largest absolute Gasteiger partial charge is 0.450 e. The van der Waals surface area contributed by atoms with Gasteiger partial charge in [0.05, 0.1) is 6.42 Å². The number of rotatable bonds is 0. The zero-order chi connectivity index (χ0) is 10.3. The fraction of sp³-hybridized carbons (Fsp3) is 0.455. The van der Waals surface area contributed by atoms with Crippen molar-refractivity contribution in [1.29, 1.82) is 0 Å². The van der Waals surface area contributed by atoms with Crippen LogP contribution in [0, 0.1) is 5.92 Å². The number of esters is 1. The van der Waals surface area contributed by atoms with Gasteiger partial charge in [0.15, 0.2) is 11.4 Å². The number of ether oxygens (including phenoxy) is 1. The van der Waals surface area contributed by atoms with Crippen molar-refractivity contribution in [3.63, 3.8) is 0 Å². The lowest BCUT2D eigenvalue weighted by Gasteiger charge is -2.31. The molecule has 0 aromatic rings. The van der Waals surface area contributed by atoms with E-state index in [2.05, 4.69) is 0 Å². The van der Waals surface area contributed by atoms with E-state index in [0.717, 1.165) is 5.57 Å². The highest BCUT2D eigenvalue weighted by Gasteiger charge is 2.47. The van der Waals surface area contributed by atoms with Gasteiger partial charge in [0, 0.05) is 5.92 Å². The first-order chi connectivity index (χ1) is 6.54. The molecule has 2 rings (SSSR count). The van der Waals surface area contributed by atoms with Crippen molar-refractivity contribution in [3.8, 4) is 0 Å². The summed E-state index contributed by atoms with van der Waals surface area (Å²) in [5.74, 6) is -0.122. The van der Waals surface area contributed by atoms with E-state index in [9.17, 15) is 9.59 Å². The Balaban J connectivity index is 2.42. The molecule has 2 atom stereocenters. The second kappa shape index (κ2) is 2.80. The SMILES string of the molecule is CC1=CC(=O)C=CC12OC(=O)CC2C. The van der Waals surface area contributed by atoms with Crippen molar-refractivity contribution in [2.24, 2.45) is 5.92 Å². The average molecular weight is 192 g/mol. The van der Waals surface area contributed by atoms with Gasteiger partial charge in [-0.1, -0.05) is 6.92 Å². The van der Waals surface area contributed by atoms with Gasteiger partial charge in [0.2, 0.25) is 0 Å². The first-order valence-electron chi connectivity index (χ1n) is 4.68. The van der Waals surface area contributed by atoms with Crippen LogP contribution in [-0.4, -0.2) is 17.4 Å². The summed E-state index contributed by atoms with van der Waals surface area (Å²) in [6.45, 7) is 3.79. The van der Waals surface area contributed by atoms with Crippen LogP contribution in [0.25, 0.3) is 0 Å². The molecule has 0 saturated carbocycles. The molecule has 2 unspecified atom stereocenters. The predicted molar refractivity (Wildman–Crippen MR) is 50.5 cm³/mol. The highest BCUT2D eigenvalue weighted by Crippen LogP contribution is 2.41. The average Bonchev–Trinajstić information content (AvgIpc) is 2.37. The predicted octanol–water partition coefficient (Wildman–Crippen LogP) is 1.39. The Morgan fingerprint density at radius 2 is 2.21 bits per heavy atom. The Morgan fingerprint density at radius 3 is 2.71 bits per heavy atom. The topological polar surface area (TPSA) is 43.4 Å². The van der Waals surface area contributed by atoms with Gasteiger partial charge in [-0.2, -0.15) is 0 Å². The molecule has 1 aliphatic heterocycles. The van der Waals surface area contributed by atoms with Crippen LogP contribution < -0.4 is 0 Å². The van der Waals surface area contributed by atoms with E-state index in [1.54, 1.807) is 6.08 Å². The maximum absolute atomic E-state index is 11.2. The summed E-state index contributed by atoms with van der Waals surface area (Å²) < 4.78 is 5.32. The minimum absolute atomic E-state index is 0.0386. The number of hydrogen-bond acceptors (Lipinski definition) is 3. The Labute approximate surface area is 82.4 Å². The van der Waals surface area contributed by atoms with Gasteiger partial charge in [0.25, 0.3) is 0 Å². The van der Waals surface area contributed by atoms with Crippen LogP contribution in [0.2, 0.25) is 0 Å². The minimum Gasteiger partial charge on any atom is -0.450 e. The third-order valence-electron chi connectivity index (χ3n) is 2.96. The van der Waals surface area contributed by atoms with Crippen LogP contribution in [0.15, 0.2) is 23.8 Å². The number of carbonyl (C=O) groups excluding carboxylic acids is 2. The van der Waals surface area contributed by atoms with Crippen molar-refractivity contribution in [2.75, 3.05) is 0 Å². The van der Waals surface area contributed by atoms with Crippen molar-refractivity contribution in [1.82, 2.24) is 0 Å². The van der Waals surface area contributed by atoms with E-state index >= 15 is 0 Å². The summed E-state index contributed by atoms with van der Waals surface area (Å²) in [5.41, 5.74) is 0.175. The zero-order valence-electron chi connectivity index (χ0n) is 8.24. The fourth-order valence-electron chi connectivity index (χ4n) is 2.11. The third-order valence-corrected chi connectivity index (χ3v) is 2.96. The Morgan fingerprint density at radius 1 is 1.50 bits per heavy atom. The molecule has 74 valence electrons. The first kappa shape index (κ1) is 9.19. The van der Waals surface area contributed by atoms with Crippen LogP contribution in [0.4, 0.5) is 0 Å². The smallest absolute Gasteiger partial charge is 0.307 e. The highest BCUT2D eigenvalue weighted by molar-refractivity contribution is 6.01. The van der Waals surface area contributed by atoms with Crippen LogP contribution in [-0.2, 0) is 14.3 Å². The number of carbonyl (C=O) groups is 2. The zero-order valence-corrected chi connectivity index (χ0v) is 8.24. The molecule has 14 heavy (non-hydrogen) atoms. The minimum atomic E-state index is -0.648. The lowest BCUT2D eigenvalue weighted by Crippen LogP contribution is -2.35. The number of hydrogen-bond donors (Lipinski definition) is 0. The van der Waals surface area contributed by atoms with Gasteiger partial charge in [-0.05, 0) is 30.7 Å². The van der Waals surface area contributed by atoms with Crippen LogP contribution >= 0.6 is 0 Å². The van der Waals surface area contributed by atoms with Crippen molar-refractivity contribution in [3.05, 3.63) is 23.8 Å². The van der Waals surface area contributed by atoms with E-state index in [1.165, 1.54) is 12.2 Å². The molecule has 3 nitrogen and oxygen atoms in total. The molecule has 2 aliphatic rings. The molecule has 0 N–H and O–H groups in total. The second-order valence-electron chi connectivity index (χ2n) is 3.94. The highest BCUT2D eigenvalue weighted by atomic mass is 16.6. The summed E-state index contributed by atoms with van der Waals surface area (Å²) >= 11 is 0. The second-order valence-corrected chi connectivity index (χ2v) is 3.94. The maximum Gasteiger partial charge on any atom is 0.307 e. The van der Waals surface area contributed by atoms with E-state index in [-0.39, 0.29) is 17.7 Å². The summed E-state index contributed by atoms with van der Waals surface area (Å²) in [6, 6.07) is 0. The third kappa shape index (κ3) is 1.12. The number of ketones is 1. The maximum atomic E-state index is 11.2. The lowest BCUT2D eigenvalue weighted by molar-refractivity contribution is -0.144. The molecule has 0 aromatic heterocycles. The molecule has 0 aromatic carbocycles. The Bertz CT molecular complexity index is 365.